The van der Waals surface area contributed by atoms with Crippen molar-refractivity contribution in [1.82, 2.24) is 36.2 Å². The van der Waals surface area contributed by atoms with Crippen molar-refractivity contribution < 1.29 is 19.1 Å². The number of anilines is 1. The van der Waals surface area contributed by atoms with Gasteiger partial charge in [-0.1, -0.05) is 35.9 Å². The molecule has 246 valence electrons. The Labute approximate surface area is 278 Å². The maximum atomic E-state index is 13.6. The van der Waals surface area contributed by atoms with E-state index in [0.29, 0.717) is 35.9 Å². The Hall–Kier alpha value is -4.84. The number of amides is 3. The molecule has 13 heteroatoms. The summed E-state index contributed by atoms with van der Waals surface area (Å²) in [6, 6.07) is 15.7. The molecule has 5 rings (SSSR count). The van der Waals surface area contributed by atoms with Crippen LogP contribution in [0, 0.1) is 11.8 Å². The number of alkyl carbamates (subject to hydrolysis) is 1. The van der Waals surface area contributed by atoms with Crippen LogP contribution in [0.25, 0.3) is 22.5 Å². The van der Waals surface area contributed by atoms with E-state index in [1.54, 1.807) is 42.7 Å². The van der Waals surface area contributed by atoms with E-state index in [1.165, 1.54) is 0 Å². The highest BCUT2D eigenvalue weighted by Crippen LogP contribution is 2.30. The zero-order valence-corrected chi connectivity index (χ0v) is 27.4. The summed E-state index contributed by atoms with van der Waals surface area (Å²) in [5.41, 5.74) is 3.34. The molecule has 4 aromatic rings. The van der Waals surface area contributed by atoms with E-state index in [1.807, 2.05) is 45.0 Å². The number of H-pyrrole nitrogens is 1. The Balaban J connectivity index is 1.23. The lowest BCUT2D eigenvalue weighted by molar-refractivity contribution is -0.130. The first-order chi connectivity index (χ1) is 22.5. The molecule has 0 bridgehead atoms. The molecule has 1 aliphatic carbocycles. The number of carbonyl (C=O) groups is 3. The highest BCUT2D eigenvalue weighted by Gasteiger charge is 2.30. The molecular formula is C34H39ClN8O4. The number of nitrogens with one attached hydrogen (secondary N) is 4. The van der Waals surface area contributed by atoms with Crippen molar-refractivity contribution in [2.24, 2.45) is 11.8 Å². The molecule has 2 heterocycles. The zero-order chi connectivity index (χ0) is 33.4. The molecule has 12 nitrogen and oxygen atoms in total. The van der Waals surface area contributed by atoms with Gasteiger partial charge in [0.15, 0.2) is 0 Å². The summed E-state index contributed by atoms with van der Waals surface area (Å²) in [6.07, 6.45) is 6.10. The van der Waals surface area contributed by atoms with Crippen molar-refractivity contribution in [3.05, 3.63) is 77.6 Å². The number of benzene rings is 2. The van der Waals surface area contributed by atoms with Crippen LogP contribution in [0.1, 0.15) is 52.0 Å². The van der Waals surface area contributed by atoms with Crippen molar-refractivity contribution in [3.63, 3.8) is 0 Å². The SMILES string of the molecule is CC(C)(C)OC(=O)NCC1CCC(C(=O)NC(Cc2ccc(-c3cnccc3Cl)cc2)C(=O)Nc2ccc(-c3nn[nH]n3)cc2)CC1. The molecule has 0 aliphatic heterocycles. The first-order valence-electron chi connectivity index (χ1n) is 15.6. The van der Waals surface area contributed by atoms with Crippen molar-refractivity contribution in [2.45, 2.75) is 64.5 Å². The van der Waals surface area contributed by atoms with E-state index in [-0.39, 0.29) is 30.1 Å². The quantitative estimate of drug-likeness (QED) is 0.172. The van der Waals surface area contributed by atoms with Gasteiger partial charge in [0.05, 0.1) is 5.02 Å². The summed E-state index contributed by atoms with van der Waals surface area (Å²) in [5, 5.41) is 23.4. The van der Waals surface area contributed by atoms with Gasteiger partial charge >= 0.3 is 6.09 Å². The average molecular weight is 659 g/mol. The Morgan fingerprint density at radius 2 is 1.68 bits per heavy atom. The van der Waals surface area contributed by atoms with E-state index >= 15 is 0 Å². The van der Waals surface area contributed by atoms with Crippen LogP contribution in [0.15, 0.2) is 67.0 Å². The van der Waals surface area contributed by atoms with Crippen molar-refractivity contribution in [2.75, 3.05) is 11.9 Å². The molecule has 2 aromatic heterocycles. The number of hydrogen-bond acceptors (Lipinski definition) is 8. The van der Waals surface area contributed by atoms with Gasteiger partial charge in [0.25, 0.3) is 0 Å². The van der Waals surface area contributed by atoms with Crippen LogP contribution in [0.3, 0.4) is 0 Å². The van der Waals surface area contributed by atoms with Gasteiger partial charge in [-0.25, -0.2) is 4.79 Å². The first-order valence-corrected chi connectivity index (χ1v) is 16.0. The third-order valence-electron chi connectivity index (χ3n) is 8.01. The largest absolute Gasteiger partial charge is 0.444 e. The average Bonchev–Trinajstić information content (AvgIpc) is 3.59. The molecule has 0 spiro atoms. The monoisotopic (exact) mass is 658 g/mol. The smallest absolute Gasteiger partial charge is 0.407 e. The summed E-state index contributed by atoms with van der Waals surface area (Å²) < 4.78 is 5.33. The van der Waals surface area contributed by atoms with E-state index in [0.717, 1.165) is 35.1 Å². The maximum Gasteiger partial charge on any atom is 0.407 e. The Morgan fingerprint density at radius 1 is 0.979 bits per heavy atom. The molecule has 3 amide bonds. The second-order valence-corrected chi connectivity index (χ2v) is 13.1. The second-order valence-electron chi connectivity index (χ2n) is 12.7. The molecule has 4 N–H and O–H groups in total. The molecule has 1 unspecified atom stereocenters. The number of pyridine rings is 1. The fourth-order valence-corrected chi connectivity index (χ4v) is 5.75. The summed E-state index contributed by atoms with van der Waals surface area (Å²) in [5.74, 6) is -0.0186. The fourth-order valence-electron chi connectivity index (χ4n) is 5.53. The highest BCUT2D eigenvalue weighted by molar-refractivity contribution is 6.33. The van der Waals surface area contributed by atoms with Crippen molar-refractivity contribution in [1.29, 1.82) is 0 Å². The molecule has 0 radical (unpaired) electrons. The standard InChI is InChI=1S/C34H39ClN8O4/c1-34(2,3)47-33(46)37-19-22-6-10-25(11-7-22)31(44)39-29(18-21-4-8-23(9-5-21)27-20-36-17-16-28(27)35)32(45)38-26-14-12-24(13-15-26)30-40-42-43-41-30/h4-5,8-9,12-17,20,22,25,29H,6-7,10-11,18-19H2,1-3H3,(H,37,46)(H,38,45)(H,39,44)(H,40,41,42,43). The van der Waals surface area contributed by atoms with Crippen LogP contribution >= 0.6 is 11.6 Å². The van der Waals surface area contributed by atoms with Crippen molar-refractivity contribution >= 4 is 35.2 Å². The fraction of sp³-hybridized carbons (Fsp3) is 0.382. The molecule has 0 saturated heterocycles. The first kappa shape index (κ1) is 33.5. The number of rotatable bonds is 10. The molecule has 2 aromatic carbocycles. The lowest BCUT2D eigenvalue weighted by Gasteiger charge is -2.29. The van der Waals surface area contributed by atoms with Crippen LogP contribution in [0.2, 0.25) is 5.02 Å². The normalized spacial score (nSPS) is 16.9. The Morgan fingerprint density at radius 3 is 2.32 bits per heavy atom. The third-order valence-corrected chi connectivity index (χ3v) is 8.34. The van der Waals surface area contributed by atoms with E-state index in [4.69, 9.17) is 16.3 Å². The van der Waals surface area contributed by atoms with Gasteiger partial charge in [0, 0.05) is 48.1 Å². The predicted molar refractivity (Wildman–Crippen MR) is 178 cm³/mol. The third kappa shape index (κ3) is 9.58. The molecule has 1 atom stereocenters. The number of nitrogens with zero attached hydrogens (tertiary/aromatic N) is 4. The van der Waals surface area contributed by atoms with Gasteiger partial charge in [0.1, 0.15) is 11.6 Å². The molecule has 1 saturated carbocycles. The number of aromatic nitrogens is 5. The summed E-state index contributed by atoms with van der Waals surface area (Å²) in [6.45, 7) is 5.97. The molecule has 1 fully saturated rings. The van der Waals surface area contributed by atoms with Crippen LogP contribution in [0.4, 0.5) is 10.5 Å². The van der Waals surface area contributed by atoms with Crippen LogP contribution in [-0.4, -0.2) is 61.7 Å². The van der Waals surface area contributed by atoms with Gasteiger partial charge in [-0.2, -0.15) is 5.21 Å². The summed E-state index contributed by atoms with van der Waals surface area (Å²) >= 11 is 6.36. The van der Waals surface area contributed by atoms with Gasteiger partial charge < -0.3 is 20.7 Å². The highest BCUT2D eigenvalue weighted by atomic mass is 35.5. The molecular weight excluding hydrogens is 620 g/mol. The molecule has 1 aliphatic rings. The van der Waals surface area contributed by atoms with Crippen LogP contribution in [-0.2, 0) is 20.7 Å². The van der Waals surface area contributed by atoms with Crippen molar-refractivity contribution in [3.8, 4) is 22.5 Å². The number of ether oxygens (including phenoxy) is 1. The van der Waals surface area contributed by atoms with Gasteiger partial charge in [-0.15, -0.1) is 10.2 Å². The number of aromatic amines is 1. The van der Waals surface area contributed by atoms with Crippen LogP contribution < -0.4 is 16.0 Å². The van der Waals surface area contributed by atoms with E-state index < -0.39 is 17.7 Å². The minimum Gasteiger partial charge on any atom is -0.444 e. The lowest BCUT2D eigenvalue weighted by Crippen LogP contribution is -2.48. The summed E-state index contributed by atoms with van der Waals surface area (Å²) in [4.78, 5) is 43.4. The summed E-state index contributed by atoms with van der Waals surface area (Å²) in [7, 11) is 0. The number of halogens is 1. The van der Waals surface area contributed by atoms with Crippen LogP contribution in [0.5, 0.6) is 0 Å². The molecule has 47 heavy (non-hydrogen) atoms. The lowest BCUT2D eigenvalue weighted by atomic mass is 9.81. The van der Waals surface area contributed by atoms with Gasteiger partial charge in [-0.3, -0.25) is 14.6 Å². The number of tetrazole rings is 1. The van der Waals surface area contributed by atoms with E-state index in [2.05, 4.69) is 41.6 Å². The number of carbonyl (C=O) groups excluding carboxylic acids is 3. The maximum absolute atomic E-state index is 13.6. The topological polar surface area (TPSA) is 164 Å². The number of hydrogen-bond donors (Lipinski definition) is 4. The Bertz CT molecular complexity index is 1650. The Kier molecular flexibility index (Phi) is 10.8. The minimum absolute atomic E-state index is 0.157. The van der Waals surface area contributed by atoms with Gasteiger partial charge in [-0.05, 0) is 99.0 Å². The zero-order valence-electron chi connectivity index (χ0n) is 26.6. The minimum atomic E-state index is -0.821. The van der Waals surface area contributed by atoms with E-state index in [9.17, 15) is 14.4 Å². The van der Waals surface area contributed by atoms with Gasteiger partial charge in [0.2, 0.25) is 17.6 Å². The predicted octanol–water partition coefficient (Wildman–Crippen LogP) is 5.58. The second kappa shape index (κ2) is 15.2.